The highest BCUT2D eigenvalue weighted by Crippen LogP contribution is 2.35. The molecule has 1 aliphatic rings. The smallest absolute Gasteiger partial charge is 0.0847 e. The average molecular weight is 249 g/mol. The van der Waals surface area contributed by atoms with Crippen molar-refractivity contribution in [3.8, 4) is 0 Å². The summed E-state index contributed by atoms with van der Waals surface area (Å²) in [5.41, 5.74) is 4.03. The van der Waals surface area contributed by atoms with E-state index in [1.165, 1.54) is 24.8 Å². The van der Waals surface area contributed by atoms with Crippen molar-refractivity contribution in [1.29, 1.82) is 0 Å². The van der Waals surface area contributed by atoms with Gasteiger partial charge in [0.2, 0.25) is 0 Å². The third kappa shape index (κ3) is 2.88. The van der Waals surface area contributed by atoms with Crippen molar-refractivity contribution >= 4 is 0 Å². The maximum Gasteiger partial charge on any atom is 0.0847 e. The number of hydrazine groups is 1. The lowest BCUT2D eigenvalue weighted by molar-refractivity contribution is -0.0674. The molecule has 0 bridgehead atoms. The van der Waals surface area contributed by atoms with Crippen molar-refractivity contribution in [2.45, 2.75) is 50.2 Å². The van der Waals surface area contributed by atoms with Gasteiger partial charge in [-0.15, -0.1) is 0 Å². The Morgan fingerprint density at radius 1 is 1.44 bits per heavy atom. The molecule has 0 amide bonds. The molecule has 0 aliphatic heterocycles. The van der Waals surface area contributed by atoms with Gasteiger partial charge < -0.3 is 4.74 Å². The van der Waals surface area contributed by atoms with Crippen LogP contribution >= 0.6 is 0 Å². The van der Waals surface area contributed by atoms with E-state index < -0.39 is 0 Å². The third-order valence-electron chi connectivity index (χ3n) is 4.11. The van der Waals surface area contributed by atoms with E-state index in [4.69, 9.17) is 10.6 Å². The molecule has 1 fully saturated rings. The minimum Gasteiger partial charge on any atom is -0.377 e. The zero-order valence-corrected chi connectivity index (χ0v) is 11.1. The minimum absolute atomic E-state index is 0.122. The number of nitrogens with one attached hydrogen (secondary N) is 1. The first-order chi connectivity index (χ1) is 8.80. The number of rotatable bonds is 5. The fraction of sp³-hybridized carbons (Fsp3) is 0.643. The summed E-state index contributed by atoms with van der Waals surface area (Å²) in [6.07, 6.45) is 10.5. The quantitative estimate of drug-likeness (QED) is 0.617. The molecule has 4 nitrogen and oxygen atoms in total. The van der Waals surface area contributed by atoms with Gasteiger partial charge in [0.05, 0.1) is 11.6 Å². The second-order valence-corrected chi connectivity index (χ2v) is 5.11. The van der Waals surface area contributed by atoms with Crippen LogP contribution in [-0.4, -0.2) is 23.7 Å². The maximum absolute atomic E-state index is 5.84. The highest BCUT2D eigenvalue weighted by Gasteiger charge is 2.39. The Hall–Kier alpha value is -0.970. The standard InChI is InChI=1S/C14H23N3O/c1-18-14(7-3-2-4-8-14)13(17-15)10-12-6-5-9-16-11-12/h5-6,9,11,13,17H,2-4,7-8,10,15H2,1H3. The highest BCUT2D eigenvalue weighted by atomic mass is 16.5. The minimum atomic E-state index is -0.122. The van der Waals surface area contributed by atoms with Crippen LogP contribution < -0.4 is 11.3 Å². The fourth-order valence-electron chi connectivity index (χ4n) is 3.00. The molecular formula is C14H23N3O. The topological polar surface area (TPSA) is 60.2 Å². The number of methoxy groups -OCH3 is 1. The number of ether oxygens (including phenoxy) is 1. The average Bonchev–Trinajstić information content (AvgIpc) is 2.46. The first-order valence-corrected chi connectivity index (χ1v) is 6.71. The molecule has 0 saturated heterocycles. The largest absolute Gasteiger partial charge is 0.377 e. The van der Waals surface area contributed by atoms with Gasteiger partial charge in [0.15, 0.2) is 0 Å². The van der Waals surface area contributed by atoms with Crippen molar-refractivity contribution in [3.63, 3.8) is 0 Å². The zero-order chi connectivity index (χ0) is 12.8. The molecule has 1 aromatic heterocycles. The van der Waals surface area contributed by atoms with Gasteiger partial charge in [-0.25, -0.2) is 0 Å². The molecule has 1 aliphatic carbocycles. The summed E-state index contributed by atoms with van der Waals surface area (Å²) in [4.78, 5) is 4.16. The van der Waals surface area contributed by atoms with E-state index in [1.807, 2.05) is 12.3 Å². The van der Waals surface area contributed by atoms with Gasteiger partial charge in [-0.3, -0.25) is 16.3 Å². The summed E-state index contributed by atoms with van der Waals surface area (Å²) in [5, 5.41) is 0. The van der Waals surface area contributed by atoms with Crippen molar-refractivity contribution in [2.24, 2.45) is 5.84 Å². The predicted octanol–water partition coefficient (Wildman–Crippen LogP) is 1.81. The van der Waals surface area contributed by atoms with E-state index in [9.17, 15) is 0 Å². The van der Waals surface area contributed by atoms with Gasteiger partial charge in [-0.2, -0.15) is 0 Å². The molecule has 2 rings (SSSR count). The van der Waals surface area contributed by atoms with Crippen LogP contribution in [-0.2, 0) is 11.2 Å². The van der Waals surface area contributed by atoms with Gasteiger partial charge in [0, 0.05) is 19.5 Å². The van der Waals surface area contributed by atoms with Crippen LogP contribution in [0, 0.1) is 0 Å². The van der Waals surface area contributed by atoms with E-state index >= 15 is 0 Å². The molecule has 0 aromatic carbocycles. The summed E-state index contributed by atoms with van der Waals surface area (Å²) < 4.78 is 5.84. The Kier molecular flexibility index (Phi) is 4.69. The van der Waals surface area contributed by atoms with Crippen molar-refractivity contribution in [2.75, 3.05) is 7.11 Å². The number of hydrogen-bond acceptors (Lipinski definition) is 4. The molecule has 0 radical (unpaired) electrons. The Morgan fingerprint density at radius 2 is 2.22 bits per heavy atom. The molecule has 0 spiro atoms. The molecule has 1 heterocycles. The monoisotopic (exact) mass is 249 g/mol. The van der Waals surface area contributed by atoms with Crippen molar-refractivity contribution < 1.29 is 4.74 Å². The highest BCUT2D eigenvalue weighted by molar-refractivity contribution is 5.12. The van der Waals surface area contributed by atoms with Gasteiger partial charge in [-0.1, -0.05) is 25.3 Å². The number of nitrogens with two attached hydrogens (primary N) is 1. The molecule has 100 valence electrons. The summed E-state index contributed by atoms with van der Waals surface area (Å²) >= 11 is 0. The second-order valence-electron chi connectivity index (χ2n) is 5.11. The predicted molar refractivity (Wildman–Crippen MR) is 71.9 cm³/mol. The van der Waals surface area contributed by atoms with Crippen LogP contribution in [0.3, 0.4) is 0 Å². The summed E-state index contributed by atoms with van der Waals surface area (Å²) in [6, 6.07) is 4.19. The van der Waals surface area contributed by atoms with Crippen LogP contribution in [0.2, 0.25) is 0 Å². The second kappa shape index (κ2) is 6.27. The van der Waals surface area contributed by atoms with Gasteiger partial charge in [0.25, 0.3) is 0 Å². The summed E-state index contributed by atoms with van der Waals surface area (Å²) in [6.45, 7) is 0. The van der Waals surface area contributed by atoms with E-state index in [1.54, 1.807) is 13.3 Å². The number of pyridine rings is 1. The van der Waals surface area contributed by atoms with Crippen LogP contribution in [0.15, 0.2) is 24.5 Å². The van der Waals surface area contributed by atoms with Gasteiger partial charge in [0.1, 0.15) is 0 Å². The van der Waals surface area contributed by atoms with Crippen molar-refractivity contribution in [3.05, 3.63) is 30.1 Å². The molecule has 1 unspecified atom stereocenters. The van der Waals surface area contributed by atoms with Crippen LogP contribution in [0.1, 0.15) is 37.7 Å². The van der Waals surface area contributed by atoms with E-state index in [-0.39, 0.29) is 11.6 Å². The lowest BCUT2D eigenvalue weighted by Crippen LogP contribution is -2.56. The lowest BCUT2D eigenvalue weighted by Gasteiger charge is -2.42. The summed E-state index contributed by atoms with van der Waals surface area (Å²) in [7, 11) is 1.80. The zero-order valence-electron chi connectivity index (χ0n) is 11.1. The van der Waals surface area contributed by atoms with E-state index in [0.29, 0.717) is 0 Å². The number of aromatic nitrogens is 1. The molecular weight excluding hydrogens is 226 g/mol. The number of hydrogen-bond donors (Lipinski definition) is 2. The Morgan fingerprint density at radius 3 is 2.78 bits per heavy atom. The summed E-state index contributed by atoms with van der Waals surface area (Å²) in [5.74, 6) is 5.76. The molecule has 1 atom stereocenters. The molecule has 1 aromatic rings. The van der Waals surface area contributed by atoms with Crippen LogP contribution in [0.4, 0.5) is 0 Å². The lowest BCUT2D eigenvalue weighted by atomic mass is 9.77. The fourth-order valence-corrected chi connectivity index (χ4v) is 3.00. The normalized spacial score (nSPS) is 20.6. The Balaban J connectivity index is 2.11. The molecule has 4 heteroatoms. The first kappa shape index (κ1) is 13.5. The van der Waals surface area contributed by atoms with Gasteiger partial charge >= 0.3 is 0 Å². The maximum atomic E-state index is 5.84. The molecule has 1 saturated carbocycles. The van der Waals surface area contributed by atoms with Crippen LogP contribution in [0.5, 0.6) is 0 Å². The van der Waals surface area contributed by atoms with Crippen molar-refractivity contribution in [1.82, 2.24) is 10.4 Å². The van der Waals surface area contributed by atoms with Crippen LogP contribution in [0.25, 0.3) is 0 Å². The van der Waals surface area contributed by atoms with E-state index in [0.717, 1.165) is 19.3 Å². The Labute approximate surface area is 109 Å². The van der Waals surface area contributed by atoms with E-state index in [2.05, 4.69) is 16.5 Å². The SMILES string of the molecule is COC1(C(Cc2cccnc2)NN)CCCCC1. The molecule has 18 heavy (non-hydrogen) atoms. The first-order valence-electron chi connectivity index (χ1n) is 6.71. The third-order valence-corrected chi connectivity index (χ3v) is 4.11. The number of nitrogens with zero attached hydrogens (tertiary/aromatic N) is 1. The Bertz CT molecular complexity index is 349. The van der Waals surface area contributed by atoms with Gasteiger partial charge in [-0.05, 0) is 30.9 Å². The molecule has 3 N–H and O–H groups in total.